The van der Waals surface area contributed by atoms with Crippen molar-refractivity contribution in [1.82, 2.24) is 9.55 Å². The molecular formula is C9H9FN2O3. The number of aromatic nitrogens is 2. The molecule has 0 spiro atoms. The highest BCUT2D eigenvalue weighted by Crippen LogP contribution is 2.29. The zero-order valence-corrected chi connectivity index (χ0v) is 7.83. The summed E-state index contributed by atoms with van der Waals surface area (Å²) in [5.74, 6) is -1.14. The third-order valence-electron chi connectivity index (χ3n) is 2.33. The number of hydrogen-bond acceptors (Lipinski definition) is 3. The van der Waals surface area contributed by atoms with E-state index in [1.54, 1.807) is 4.98 Å². The highest BCUT2D eigenvalue weighted by Gasteiger charge is 2.29. The monoisotopic (exact) mass is 212 g/mol. The fourth-order valence-corrected chi connectivity index (χ4v) is 1.30. The molecular weight excluding hydrogens is 203 g/mol. The Kier molecular flexibility index (Phi) is 2.26. The topological polar surface area (TPSA) is 71.9 Å². The maximum absolute atomic E-state index is 12.8. The van der Waals surface area contributed by atoms with Crippen molar-refractivity contribution in [3.05, 3.63) is 32.9 Å². The lowest BCUT2D eigenvalue weighted by Crippen LogP contribution is -2.33. The molecule has 1 aliphatic carbocycles. The van der Waals surface area contributed by atoms with Crippen LogP contribution in [0.15, 0.2) is 15.8 Å². The second-order valence-corrected chi connectivity index (χ2v) is 3.60. The fraction of sp³-hybridized carbons (Fsp3) is 0.444. The predicted octanol–water partition coefficient (Wildman–Crippen LogP) is -0.345. The molecule has 2 rings (SSSR count). The lowest BCUT2D eigenvalue weighted by molar-refractivity contribution is -0.120. The van der Waals surface area contributed by atoms with Crippen LogP contribution in [0.2, 0.25) is 0 Å². The van der Waals surface area contributed by atoms with Gasteiger partial charge >= 0.3 is 5.69 Å². The smallest absolute Gasteiger partial charge is 0.297 e. The van der Waals surface area contributed by atoms with E-state index >= 15 is 0 Å². The average molecular weight is 212 g/mol. The molecule has 6 heteroatoms. The average Bonchev–Trinajstić information content (AvgIpc) is 2.97. The zero-order chi connectivity index (χ0) is 11.0. The number of carbonyl (C=O) groups is 1. The number of nitrogens with one attached hydrogen (secondary N) is 1. The van der Waals surface area contributed by atoms with E-state index < -0.39 is 17.1 Å². The predicted molar refractivity (Wildman–Crippen MR) is 49.0 cm³/mol. The Hall–Kier alpha value is -1.72. The minimum absolute atomic E-state index is 0.00638. The van der Waals surface area contributed by atoms with Gasteiger partial charge in [-0.25, -0.2) is 4.79 Å². The molecule has 0 atom stereocenters. The van der Waals surface area contributed by atoms with Crippen molar-refractivity contribution < 1.29 is 9.18 Å². The number of nitrogens with zero attached hydrogens (tertiary/aromatic N) is 1. The van der Waals surface area contributed by atoms with Crippen LogP contribution < -0.4 is 11.2 Å². The van der Waals surface area contributed by atoms with Crippen molar-refractivity contribution >= 4 is 5.78 Å². The molecule has 1 N–H and O–H groups in total. The summed E-state index contributed by atoms with van der Waals surface area (Å²) in [4.78, 5) is 35.0. The number of H-pyrrole nitrogens is 1. The van der Waals surface area contributed by atoms with Gasteiger partial charge in [0.15, 0.2) is 5.78 Å². The third-order valence-corrected chi connectivity index (χ3v) is 2.33. The van der Waals surface area contributed by atoms with Gasteiger partial charge in [-0.15, -0.1) is 0 Å². The molecule has 0 aliphatic heterocycles. The van der Waals surface area contributed by atoms with Crippen LogP contribution in [-0.4, -0.2) is 15.3 Å². The molecule has 1 heterocycles. The summed E-state index contributed by atoms with van der Waals surface area (Å²) in [6.07, 6.45) is 2.43. The second kappa shape index (κ2) is 3.45. The van der Waals surface area contributed by atoms with E-state index in [1.807, 2.05) is 0 Å². The summed E-state index contributed by atoms with van der Waals surface area (Å²) in [7, 11) is 0. The van der Waals surface area contributed by atoms with Crippen LogP contribution in [0.25, 0.3) is 0 Å². The maximum Gasteiger partial charge on any atom is 0.328 e. The van der Waals surface area contributed by atoms with Crippen molar-refractivity contribution in [3.8, 4) is 0 Å². The van der Waals surface area contributed by atoms with Crippen LogP contribution in [0, 0.1) is 11.7 Å². The fourth-order valence-electron chi connectivity index (χ4n) is 1.30. The lowest BCUT2D eigenvalue weighted by atomic mass is 10.2. The van der Waals surface area contributed by atoms with E-state index in [-0.39, 0.29) is 18.2 Å². The number of carbonyl (C=O) groups excluding carboxylic acids is 1. The highest BCUT2D eigenvalue weighted by atomic mass is 19.1. The van der Waals surface area contributed by atoms with E-state index in [0.717, 1.165) is 23.6 Å². The van der Waals surface area contributed by atoms with Gasteiger partial charge < -0.3 is 0 Å². The van der Waals surface area contributed by atoms with Gasteiger partial charge in [0, 0.05) is 5.92 Å². The van der Waals surface area contributed by atoms with Gasteiger partial charge in [0.1, 0.15) is 0 Å². The number of rotatable bonds is 3. The Morgan fingerprint density at radius 2 is 2.20 bits per heavy atom. The molecule has 15 heavy (non-hydrogen) atoms. The summed E-state index contributed by atoms with van der Waals surface area (Å²) in [6, 6.07) is 0. The molecule has 1 saturated carbocycles. The SMILES string of the molecule is O=C(Cn1cc(F)c(=O)[nH]c1=O)C1CC1. The Morgan fingerprint density at radius 3 is 2.80 bits per heavy atom. The first-order chi connectivity index (χ1) is 7.08. The zero-order valence-electron chi connectivity index (χ0n) is 7.83. The molecule has 80 valence electrons. The molecule has 1 fully saturated rings. The molecule has 1 aromatic rings. The normalized spacial score (nSPS) is 15.3. The summed E-state index contributed by atoms with van der Waals surface area (Å²) < 4.78 is 13.7. The van der Waals surface area contributed by atoms with Gasteiger partial charge in [-0.05, 0) is 12.8 Å². The number of aromatic amines is 1. The van der Waals surface area contributed by atoms with E-state index in [2.05, 4.69) is 0 Å². The number of ketones is 1. The molecule has 1 aliphatic rings. The van der Waals surface area contributed by atoms with E-state index in [0.29, 0.717) is 0 Å². The van der Waals surface area contributed by atoms with Crippen molar-refractivity contribution in [1.29, 1.82) is 0 Å². The van der Waals surface area contributed by atoms with Gasteiger partial charge in [-0.2, -0.15) is 4.39 Å². The molecule has 0 radical (unpaired) electrons. The van der Waals surface area contributed by atoms with Crippen molar-refractivity contribution in [3.63, 3.8) is 0 Å². The highest BCUT2D eigenvalue weighted by molar-refractivity contribution is 5.82. The molecule has 0 aromatic carbocycles. The van der Waals surface area contributed by atoms with Crippen LogP contribution >= 0.6 is 0 Å². The lowest BCUT2D eigenvalue weighted by Gasteiger charge is -2.02. The largest absolute Gasteiger partial charge is 0.328 e. The van der Waals surface area contributed by atoms with Crippen molar-refractivity contribution in [2.75, 3.05) is 0 Å². The number of Topliss-reactive ketones (excluding diaryl/α,β-unsaturated/α-hetero) is 1. The molecule has 5 nitrogen and oxygen atoms in total. The van der Waals surface area contributed by atoms with Gasteiger partial charge in [-0.3, -0.25) is 19.1 Å². The Morgan fingerprint density at radius 1 is 1.53 bits per heavy atom. The van der Waals surface area contributed by atoms with Crippen molar-refractivity contribution in [2.24, 2.45) is 5.92 Å². The molecule has 0 saturated heterocycles. The van der Waals surface area contributed by atoms with Crippen LogP contribution in [0.1, 0.15) is 12.8 Å². The minimum Gasteiger partial charge on any atom is -0.297 e. The Balaban J connectivity index is 2.28. The van der Waals surface area contributed by atoms with Crippen LogP contribution in [0.5, 0.6) is 0 Å². The first-order valence-electron chi connectivity index (χ1n) is 4.60. The van der Waals surface area contributed by atoms with Gasteiger partial charge in [0.25, 0.3) is 5.56 Å². The van der Waals surface area contributed by atoms with Gasteiger partial charge in [0.05, 0.1) is 12.7 Å². The van der Waals surface area contributed by atoms with E-state index in [9.17, 15) is 18.8 Å². The first-order valence-corrected chi connectivity index (χ1v) is 4.60. The summed E-state index contributed by atoms with van der Waals surface area (Å²) in [6.45, 7) is -0.169. The Labute approximate surface area is 83.5 Å². The maximum atomic E-state index is 12.8. The molecule has 0 unspecified atom stereocenters. The first kappa shape index (κ1) is 9.82. The van der Waals surface area contributed by atoms with Crippen LogP contribution in [-0.2, 0) is 11.3 Å². The summed E-state index contributed by atoms with van der Waals surface area (Å²) in [5.41, 5.74) is -1.81. The van der Waals surface area contributed by atoms with E-state index in [1.165, 1.54) is 0 Å². The van der Waals surface area contributed by atoms with Crippen LogP contribution in [0.3, 0.4) is 0 Å². The number of halogens is 1. The molecule has 1 aromatic heterocycles. The second-order valence-electron chi connectivity index (χ2n) is 3.60. The van der Waals surface area contributed by atoms with Crippen LogP contribution in [0.4, 0.5) is 4.39 Å². The summed E-state index contributed by atoms with van der Waals surface area (Å²) in [5, 5.41) is 0. The Bertz CT molecular complexity index is 513. The van der Waals surface area contributed by atoms with Gasteiger partial charge in [-0.1, -0.05) is 0 Å². The minimum atomic E-state index is -1.06. The third kappa shape index (κ3) is 2.03. The summed E-state index contributed by atoms with van der Waals surface area (Å²) >= 11 is 0. The molecule has 0 amide bonds. The van der Waals surface area contributed by atoms with E-state index in [4.69, 9.17) is 0 Å². The quantitative estimate of drug-likeness (QED) is 0.744. The standard InChI is InChI=1S/C9H9FN2O3/c10-6-3-12(9(15)11-8(6)14)4-7(13)5-1-2-5/h3,5H,1-2,4H2,(H,11,14,15). The van der Waals surface area contributed by atoms with Crippen molar-refractivity contribution in [2.45, 2.75) is 19.4 Å². The molecule has 0 bridgehead atoms. The number of hydrogen-bond donors (Lipinski definition) is 1. The van der Waals surface area contributed by atoms with Gasteiger partial charge in [0.2, 0.25) is 5.82 Å².